The second-order valence-electron chi connectivity index (χ2n) is 11.8. The van der Waals surface area contributed by atoms with Gasteiger partial charge in [0.05, 0.1) is 29.8 Å². The largest absolute Gasteiger partial charge is 0.465 e. The number of pyridine rings is 1. The average Bonchev–Trinajstić information content (AvgIpc) is 3.53. The SMILES string of the molecule is [C-]#[N+]c1c(-c2cc3c(C(=O)OC)cnc(N(Cc4ccccc4)Cc4ccccc4)c3n2S(=O)(=O)c2ccccc2)cccc1N1CCC1. The van der Waals surface area contributed by atoms with Gasteiger partial charge in [-0.05, 0) is 41.8 Å². The molecule has 0 spiro atoms. The molecular weight excluding hydrogens is 635 g/mol. The minimum Gasteiger partial charge on any atom is -0.465 e. The lowest BCUT2D eigenvalue weighted by Crippen LogP contribution is -2.37. The van der Waals surface area contributed by atoms with Crippen LogP contribution in [0.15, 0.2) is 126 Å². The Morgan fingerprint density at radius 3 is 2.04 bits per heavy atom. The number of carbonyl (C=O) groups is 1. The summed E-state index contributed by atoms with van der Waals surface area (Å²) in [4.78, 5) is 26.2. The van der Waals surface area contributed by atoms with Crippen LogP contribution in [0, 0.1) is 6.57 Å². The van der Waals surface area contributed by atoms with E-state index in [9.17, 15) is 13.2 Å². The van der Waals surface area contributed by atoms with E-state index in [0.717, 1.165) is 36.3 Å². The zero-order valence-electron chi connectivity index (χ0n) is 26.9. The number of fused-ring (bicyclic) bond motifs is 1. The number of benzene rings is 4. The van der Waals surface area contributed by atoms with Crippen LogP contribution in [-0.4, -0.2) is 43.5 Å². The van der Waals surface area contributed by atoms with E-state index in [-0.39, 0.29) is 21.7 Å². The lowest BCUT2D eigenvalue weighted by molar-refractivity contribution is 0.0602. The molecule has 244 valence electrons. The van der Waals surface area contributed by atoms with Gasteiger partial charge in [-0.1, -0.05) is 91.0 Å². The van der Waals surface area contributed by atoms with Crippen molar-refractivity contribution in [2.75, 3.05) is 30.0 Å². The predicted octanol–water partition coefficient (Wildman–Crippen LogP) is 7.69. The molecule has 10 heteroatoms. The van der Waals surface area contributed by atoms with Gasteiger partial charge in [-0.3, -0.25) is 0 Å². The van der Waals surface area contributed by atoms with Gasteiger partial charge in [0.1, 0.15) is 5.52 Å². The van der Waals surface area contributed by atoms with Gasteiger partial charge < -0.3 is 14.5 Å². The first-order valence-corrected chi connectivity index (χ1v) is 17.4. The molecule has 1 aliphatic heterocycles. The third-order valence-corrected chi connectivity index (χ3v) is 10.5. The molecule has 9 nitrogen and oxygen atoms in total. The number of hydrogen-bond acceptors (Lipinski definition) is 7. The zero-order valence-corrected chi connectivity index (χ0v) is 27.7. The number of aromatic nitrogens is 2. The molecule has 1 saturated heterocycles. The molecule has 49 heavy (non-hydrogen) atoms. The number of ether oxygens (including phenoxy) is 1. The average molecular weight is 668 g/mol. The smallest absolute Gasteiger partial charge is 0.340 e. The molecule has 2 aromatic heterocycles. The van der Waals surface area contributed by atoms with Crippen molar-refractivity contribution in [3.8, 4) is 11.3 Å². The van der Waals surface area contributed by atoms with Crippen molar-refractivity contribution >= 4 is 44.1 Å². The fourth-order valence-electron chi connectivity index (χ4n) is 6.29. The van der Waals surface area contributed by atoms with Crippen molar-refractivity contribution in [2.24, 2.45) is 0 Å². The fraction of sp³-hybridized carbons (Fsp3) is 0.154. The molecule has 0 atom stereocenters. The minimum absolute atomic E-state index is 0.0594. The maximum absolute atomic E-state index is 14.9. The number of anilines is 2. The summed E-state index contributed by atoms with van der Waals surface area (Å²) in [6.07, 6.45) is 2.46. The second kappa shape index (κ2) is 13.3. The third kappa shape index (κ3) is 5.90. The van der Waals surface area contributed by atoms with E-state index in [4.69, 9.17) is 16.3 Å². The van der Waals surface area contributed by atoms with Gasteiger partial charge in [-0.2, -0.15) is 0 Å². The van der Waals surface area contributed by atoms with Crippen LogP contribution in [0.2, 0.25) is 0 Å². The molecule has 1 fully saturated rings. The van der Waals surface area contributed by atoms with Gasteiger partial charge >= 0.3 is 5.97 Å². The van der Waals surface area contributed by atoms with E-state index in [1.54, 1.807) is 42.5 Å². The first kappa shape index (κ1) is 31.7. The molecule has 7 rings (SSSR count). The number of nitrogens with zero attached hydrogens (tertiary/aromatic N) is 5. The number of rotatable bonds is 10. The molecule has 0 bridgehead atoms. The molecular formula is C39H33N5O4S. The van der Waals surface area contributed by atoms with Crippen molar-refractivity contribution in [3.05, 3.63) is 150 Å². The standard InChI is InChI=1S/C39H33N5O4S/c1-40-36-31(20-12-21-34(36)42-22-13-23-42)35-24-32-33(39(45)48-2)25-41-38(37(32)44(35)49(46,47)30-18-10-5-11-19-30)43(26-28-14-6-3-7-15-28)27-29-16-8-4-9-17-29/h3-12,14-21,24-25H,13,22-23,26-27H2,2H3. The molecule has 0 radical (unpaired) electrons. The van der Waals surface area contributed by atoms with Crippen LogP contribution in [0.25, 0.3) is 27.0 Å². The molecule has 0 amide bonds. The third-order valence-electron chi connectivity index (χ3n) is 8.79. The van der Waals surface area contributed by atoms with Gasteiger partial charge in [-0.15, -0.1) is 0 Å². The van der Waals surface area contributed by atoms with Crippen LogP contribution < -0.4 is 9.80 Å². The second-order valence-corrected chi connectivity index (χ2v) is 13.6. The molecule has 1 aliphatic rings. The maximum Gasteiger partial charge on any atom is 0.340 e. The van der Waals surface area contributed by atoms with E-state index in [0.29, 0.717) is 35.5 Å². The highest BCUT2D eigenvalue weighted by Gasteiger charge is 2.32. The van der Waals surface area contributed by atoms with Crippen LogP contribution >= 0.6 is 0 Å². The van der Waals surface area contributed by atoms with E-state index < -0.39 is 16.0 Å². The van der Waals surface area contributed by atoms with Crippen molar-refractivity contribution < 1.29 is 17.9 Å². The molecule has 3 heterocycles. The summed E-state index contributed by atoms with van der Waals surface area (Å²) < 4.78 is 36.3. The highest BCUT2D eigenvalue weighted by Crippen LogP contribution is 2.45. The van der Waals surface area contributed by atoms with Crippen LogP contribution in [-0.2, 0) is 27.8 Å². The summed E-state index contributed by atoms with van der Waals surface area (Å²) >= 11 is 0. The van der Waals surface area contributed by atoms with Gasteiger partial charge in [-0.25, -0.2) is 27.0 Å². The maximum atomic E-state index is 14.9. The summed E-state index contributed by atoms with van der Waals surface area (Å²) in [7, 11) is -3.04. The number of methoxy groups -OCH3 is 1. The van der Waals surface area contributed by atoms with Crippen molar-refractivity contribution in [1.82, 2.24) is 8.96 Å². The summed E-state index contributed by atoms with van der Waals surface area (Å²) in [6, 6.07) is 35.1. The van der Waals surface area contributed by atoms with Crippen LogP contribution in [0.1, 0.15) is 27.9 Å². The Bertz CT molecular complexity index is 2260. The molecule has 0 unspecified atom stereocenters. The van der Waals surface area contributed by atoms with E-state index >= 15 is 0 Å². The van der Waals surface area contributed by atoms with Gasteiger partial charge in [0.25, 0.3) is 10.0 Å². The number of hydrogen-bond donors (Lipinski definition) is 0. The molecule has 0 saturated carbocycles. The predicted molar refractivity (Wildman–Crippen MR) is 191 cm³/mol. The molecule has 4 aromatic carbocycles. The lowest BCUT2D eigenvalue weighted by atomic mass is 10.0. The van der Waals surface area contributed by atoms with Gasteiger partial charge in [0, 0.05) is 49.0 Å². The Hall–Kier alpha value is -5.92. The van der Waals surface area contributed by atoms with Crippen LogP contribution in [0.3, 0.4) is 0 Å². The molecule has 6 aromatic rings. The van der Waals surface area contributed by atoms with Crippen molar-refractivity contribution in [3.63, 3.8) is 0 Å². The first-order valence-electron chi connectivity index (χ1n) is 15.9. The molecule has 0 N–H and O–H groups in total. The Morgan fingerprint density at radius 2 is 1.49 bits per heavy atom. The normalized spacial score (nSPS) is 12.7. The van der Waals surface area contributed by atoms with Crippen molar-refractivity contribution in [1.29, 1.82) is 0 Å². The quantitative estimate of drug-likeness (QED) is 0.109. The van der Waals surface area contributed by atoms with Gasteiger partial charge in [0.15, 0.2) is 5.82 Å². The lowest BCUT2D eigenvalue weighted by Gasteiger charge is -2.34. The zero-order chi connectivity index (χ0) is 34.0. The van der Waals surface area contributed by atoms with E-state index in [1.165, 1.54) is 17.3 Å². The Balaban J connectivity index is 1.58. The van der Waals surface area contributed by atoms with Crippen molar-refractivity contribution in [2.45, 2.75) is 24.4 Å². The Labute approximate surface area is 285 Å². The molecule has 0 aliphatic carbocycles. The van der Waals surface area contributed by atoms with E-state index in [2.05, 4.69) is 9.74 Å². The minimum atomic E-state index is -4.32. The summed E-state index contributed by atoms with van der Waals surface area (Å²) in [5.41, 5.74) is 4.11. The first-order chi connectivity index (χ1) is 23.9. The summed E-state index contributed by atoms with van der Waals surface area (Å²) in [5, 5.41) is 0.350. The number of esters is 1. The topological polar surface area (TPSA) is 89.1 Å². The number of para-hydroxylation sites is 1. The Morgan fingerprint density at radius 1 is 0.878 bits per heavy atom. The van der Waals surface area contributed by atoms with Crippen LogP contribution in [0.5, 0.6) is 0 Å². The summed E-state index contributed by atoms with van der Waals surface area (Å²) in [6.45, 7) is 10.7. The number of carbonyl (C=O) groups excluding carboxylic acids is 1. The van der Waals surface area contributed by atoms with E-state index in [1.807, 2.05) is 77.7 Å². The van der Waals surface area contributed by atoms with Gasteiger partial charge in [0.2, 0.25) is 5.69 Å². The highest BCUT2D eigenvalue weighted by molar-refractivity contribution is 7.90. The van der Waals surface area contributed by atoms with Crippen LogP contribution in [0.4, 0.5) is 17.2 Å². The fourth-order valence-corrected chi connectivity index (χ4v) is 7.83. The summed E-state index contributed by atoms with van der Waals surface area (Å²) in [5.74, 6) is -0.286. The monoisotopic (exact) mass is 667 g/mol. The highest BCUT2D eigenvalue weighted by atomic mass is 32.2. The Kier molecular flexibility index (Phi) is 8.59.